The molecule has 1 aliphatic rings. The van der Waals surface area contributed by atoms with Crippen molar-refractivity contribution in [3.05, 3.63) is 61.4 Å². The molecule has 0 N–H and O–H groups in total. The molecule has 8 heteroatoms. The summed E-state index contributed by atoms with van der Waals surface area (Å²) >= 11 is 9.09. The van der Waals surface area contributed by atoms with E-state index >= 15 is 0 Å². The van der Waals surface area contributed by atoms with Crippen LogP contribution in [0.25, 0.3) is 10.4 Å². The van der Waals surface area contributed by atoms with Gasteiger partial charge in [-0.2, -0.15) is 4.39 Å². The first kappa shape index (κ1) is 13.2. The number of fused-ring (bicyclic) bond motifs is 2. The number of nitrogens with zero attached hydrogens (tertiary/aromatic N) is 4. The van der Waals surface area contributed by atoms with Crippen LogP contribution < -0.4 is 4.74 Å². The largest absolute Gasteiger partial charge is 0.452 e. The highest BCUT2D eigenvalue weighted by Crippen LogP contribution is 2.46. The average Bonchev–Trinajstić information content (AvgIpc) is 2.40. The molecule has 0 saturated heterocycles. The highest BCUT2D eigenvalue weighted by molar-refractivity contribution is 9.10. The summed E-state index contributed by atoms with van der Waals surface area (Å²) in [5.41, 5.74) is 9.72. The molecule has 1 unspecified atom stereocenters. The van der Waals surface area contributed by atoms with Crippen LogP contribution in [0, 0.1) is 5.95 Å². The maximum absolute atomic E-state index is 13.9. The molecule has 0 radical (unpaired) electrons. The van der Waals surface area contributed by atoms with E-state index in [0.717, 1.165) is 4.47 Å². The molecule has 100 valence electrons. The van der Waals surface area contributed by atoms with Crippen molar-refractivity contribution < 1.29 is 9.13 Å². The molecular formula is C12H5BrClFN4O. The van der Waals surface area contributed by atoms with E-state index in [1.54, 1.807) is 18.2 Å². The summed E-state index contributed by atoms with van der Waals surface area (Å²) in [6.45, 7) is 0. The highest BCUT2D eigenvalue weighted by Gasteiger charge is 2.30. The number of rotatable bonds is 1. The molecule has 5 nitrogen and oxygen atoms in total. The molecule has 1 aromatic heterocycles. The maximum atomic E-state index is 13.9. The maximum Gasteiger partial charge on any atom is 0.257 e. The minimum absolute atomic E-state index is 0.0264. The Morgan fingerprint density at radius 3 is 2.95 bits per heavy atom. The van der Waals surface area contributed by atoms with Gasteiger partial charge in [0.05, 0.1) is 6.04 Å². The van der Waals surface area contributed by atoms with E-state index in [0.29, 0.717) is 16.9 Å². The lowest BCUT2D eigenvalue weighted by molar-refractivity contribution is 0.401. The van der Waals surface area contributed by atoms with Crippen molar-refractivity contribution in [1.82, 2.24) is 4.98 Å². The fraction of sp³-hybridized carbons (Fsp3) is 0.0833. The van der Waals surface area contributed by atoms with Crippen LogP contribution in [0.4, 0.5) is 4.39 Å². The highest BCUT2D eigenvalue weighted by atomic mass is 79.9. The monoisotopic (exact) mass is 354 g/mol. The van der Waals surface area contributed by atoms with Crippen molar-refractivity contribution in [3.8, 4) is 11.5 Å². The molecule has 2 aromatic rings. The second-order valence-electron chi connectivity index (χ2n) is 4.05. The molecule has 1 atom stereocenters. The van der Waals surface area contributed by atoms with Crippen LogP contribution >= 0.6 is 27.5 Å². The van der Waals surface area contributed by atoms with E-state index in [4.69, 9.17) is 21.9 Å². The Morgan fingerprint density at radius 2 is 2.20 bits per heavy atom. The zero-order valence-electron chi connectivity index (χ0n) is 9.72. The summed E-state index contributed by atoms with van der Waals surface area (Å²) in [5, 5.41) is 3.69. The van der Waals surface area contributed by atoms with Crippen LogP contribution in [0.1, 0.15) is 17.2 Å². The van der Waals surface area contributed by atoms with Crippen molar-refractivity contribution in [2.75, 3.05) is 0 Å². The summed E-state index contributed by atoms with van der Waals surface area (Å²) in [6.07, 6.45) is 0. The van der Waals surface area contributed by atoms with Crippen LogP contribution in [0.15, 0.2) is 33.9 Å². The van der Waals surface area contributed by atoms with E-state index in [1.165, 1.54) is 6.07 Å². The first-order chi connectivity index (χ1) is 9.60. The molecule has 0 spiro atoms. The third kappa shape index (κ3) is 2.10. The number of aromatic nitrogens is 1. The molecule has 1 aliphatic heterocycles. The van der Waals surface area contributed by atoms with E-state index in [9.17, 15) is 4.39 Å². The van der Waals surface area contributed by atoms with Crippen LogP contribution in [0.3, 0.4) is 0 Å². The smallest absolute Gasteiger partial charge is 0.257 e. The van der Waals surface area contributed by atoms with Gasteiger partial charge >= 0.3 is 0 Å². The zero-order valence-corrected chi connectivity index (χ0v) is 12.1. The number of ether oxygens (including phenoxy) is 1. The molecular weight excluding hydrogens is 351 g/mol. The Hall–Kier alpha value is -1.82. The van der Waals surface area contributed by atoms with Gasteiger partial charge in [0.2, 0.25) is 0 Å². The topological polar surface area (TPSA) is 70.9 Å². The van der Waals surface area contributed by atoms with E-state index in [1.807, 2.05) is 0 Å². The van der Waals surface area contributed by atoms with Crippen molar-refractivity contribution in [2.24, 2.45) is 5.11 Å². The lowest BCUT2D eigenvalue weighted by atomic mass is 9.96. The Morgan fingerprint density at radius 1 is 1.40 bits per heavy atom. The molecule has 3 rings (SSSR count). The second-order valence-corrected chi connectivity index (χ2v) is 5.35. The fourth-order valence-corrected chi connectivity index (χ4v) is 2.64. The van der Waals surface area contributed by atoms with Crippen molar-refractivity contribution in [3.63, 3.8) is 0 Å². The first-order valence-corrected chi connectivity index (χ1v) is 6.64. The van der Waals surface area contributed by atoms with Gasteiger partial charge in [-0.05, 0) is 29.8 Å². The summed E-state index contributed by atoms with van der Waals surface area (Å²) in [7, 11) is 0. The minimum Gasteiger partial charge on any atom is -0.452 e. The Kier molecular flexibility index (Phi) is 3.25. The normalized spacial score (nSPS) is 15.7. The minimum atomic E-state index is -0.834. The summed E-state index contributed by atoms with van der Waals surface area (Å²) in [4.78, 5) is 6.32. The van der Waals surface area contributed by atoms with Crippen LogP contribution in [0.5, 0.6) is 11.5 Å². The molecule has 0 aliphatic carbocycles. The van der Waals surface area contributed by atoms with E-state index in [2.05, 4.69) is 30.9 Å². The van der Waals surface area contributed by atoms with E-state index < -0.39 is 12.0 Å². The lowest BCUT2D eigenvalue weighted by Gasteiger charge is -2.25. The quantitative estimate of drug-likeness (QED) is 0.307. The zero-order chi connectivity index (χ0) is 14.3. The molecule has 0 bridgehead atoms. The number of halogens is 3. The number of pyridine rings is 1. The third-order valence-corrected chi connectivity index (χ3v) is 3.56. The summed E-state index contributed by atoms with van der Waals surface area (Å²) in [6, 6.07) is 5.88. The van der Waals surface area contributed by atoms with Gasteiger partial charge in [-0.1, -0.05) is 32.6 Å². The molecule has 0 amide bonds. The molecule has 1 aromatic carbocycles. The molecule has 2 heterocycles. The van der Waals surface area contributed by atoms with Gasteiger partial charge in [0.1, 0.15) is 10.9 Å². The fourth-order valence-electron chi connectivity index (χ4n) is 2.07. The predicted molar refractivity (Wildman–Crippen MR) is 74.4 cm³/mol. The summed E-state index contributed by atoms with van der Waals surface area (Å²) in [5.74, 6) is -0.484. The Balaban J connectivity index is 2.29. The van der Waals surface area contributed by atoms with E-state index in [-0.39, 0.29) is 10.9 Å². The molecule has 0 fully saturated rings. The SMILES string of the molecule is [N-]=[N+]=NC1c2cc(Br)ccc2Oc2c1cc(Cl)nc2F. The number of azide groups is 1. The predicted octanol–water partition coefficient (Wildman–Crippen LogP) is 5.14. The number of hydrogen-bond acceptors (Lipinski definition) is 3. The standard InChI is InChI=1S/C12H5BrClFN4O/c13-5-1-2-8-6(3-5)10(18-19-16)7-4-9(14)17-12(15)11(7)20-8/h1-4,10H. The second kappa shape index (κ2) is 4.94. The van der Waals surface area contributed by atoms with Crippen molar-refractivity contribution in [1.29, 1.82) is 0 Å². The van der Waals surface area contributed by atoms with Gasteiger partial charge in [-0.15, -0.1) is 0 Å². The molecule has 20 heavy (non-hydrogen) atoms. The van der Waals surface area contributed by atoms with Gasteiger partial charge in [0.25, 0.3) is 5.95 Å². The van der Waals surface area contributed by atoms with Gasteiger partial charge in [-0.25, -0.2) is 4.98 Å². The van der Waals surface area contributed by atoms with Crippen LogP contribution in [-0.2, 0) is 0 Å². The van der Waals surface area contributed by atoms with Gasteiger partial charge in [0, 0.05) is 20.5 Å². The lowest BCUT2D eigenvalue weighted by Crippen LogP contribution is -2.10. The van der Waals surface area contributed by atoms with Crippen molar-refractivity contribution >= 4 is 27.5 Å². The number of hydrogen-bond donors (Lipinski definition) is 0. The number of benzene rings is 1. The van der Waals surface area contributed by atoms with Crippen LogP contribution in [0.2, 0.25) is 5.15 Å². The first-order valence-electron chi connectivity index (χ1n) is 5.47. The Bertz CT molecular complexity index is 763. The van der Waals surface area contributed by atoms with Crippen LogP contribution in [-0.4, -0.2) is 4.98 Å². The van der Waals surface area contributed by atoms with Gasteiger partial charge < -0.3 is 4.74 Å². The van der Waals surface area contributed by atoms with Gasteiger partial charge in [-0.3, -0.25) is 0 Å². The summed E-state index contributed by atoms with van der Waals surface area (Å²) < 4.78 is 20.1. The van der Waals surface area contributed by atoms with Gasteiger partial charge in [0.15, 0.2) is 5.75 Å². The average molecular weight is 356 g/mol. The van der Waals surface area contributed by atoms with Crippen molar-refractivity contribution in [2.45, 2.75) is 6.04 Å². The third-order valence-electron chi connectivity index (χ3n) is 2.87. The molecule has 0 saturated carbocycles. The Labute approximate surface area is 126 Å².